The molecule has 1 N–H and O–H groups in total. The van der Waals surface area contributed by atoms with Gasteiger partial charge in [0.05, 0.1) is 6.54 Å². The Labute approximate surface area is 131 Å². The first-order valence-electron chi connectivity index (χ1n) is 7.19. The molecule has 0 radical (unpaired) electrons. The molecular weight excluding hydrogens is 338 g/mol. The normalized spacial score (nSPS) is 20.0. The zero-order valence-electron chi connectivity index (χ0n) is 11.7. The lowest BCUT2D eigenvalue weighted by Crippen LogP contribution is -2.39. The van der Waals surface area contributed by atoms with Gasteiger partial charge in [-0.1, -0.05) is 6.42 Å². The van der Waals surface area contributed by atoms with E-state index in [1.807, 2.05) is 0 Å². The minimum Gasteiger partial charge on any atom is -0.444 e. The van der Waals surface area contributed by atoms with Gasteiger partial charge in [0.2, 0.25) is 5.89 Å². The highest BCUT2D eigenvalue weighted by Crippen LogP contribution is 2.25. The summed E-state index contributed by atoms with van der Waals surface area (Å²) in [6, 6.07) is 3.98. The smallest absolute Gasteiger partial charge is 0.283 e. The highest BCUT2D eigenvalue weighted by molar-refractivity contribution is 9.10. The first-order chi connectivity index (χ1) is 10.3. The fourth-order valence-corrected chi connectivity index (χ4v) is 3.07. The molecule has 0 aliphatic carbocycles. The summed E-state index contributed by atoms with van der Waals surface area (Å²) in [4.78, 5) is 2.31. The summed E-state index contributed by atoms with van der Waals surface area (Å²) >= 11 is 3.25. The molecular formula is C14H18BrN3O3. The van der Waals surface area contributed by atoms with E-state index in [-0.39, 0.29) is 6.61 Å². The van der Waals surface area contributed by atoms with Crippen LogP contribution < -0.4 is 0 Å². The minimum atomic E-state index is 0.219. The Morgan fingerprint density at radius 3 is 2.95 bits per heavy atom. The van der Waals surface area contributed by atoms with Crippen LogP contribution in [-0.4, -0.2) is 39.4 Å². The first-order valence-corrected chi connectivity index (χ1v) is 7.98. The number of likely N-dealkylation sites (tertiary alicyclic amines) is 1. The van der Waals surface area contributed by atoms with Crippen LogP contribution in [0.15, 0.2) is 25.6 Å². The molecule has 7 heteroatoms. The van der Waals surface area contributed by atoms with E-state index in [0.29, 0.717) is 34.8 Å². The molecule has 21 heavy (non-hydrogen) atoms. The summed E-state index contributed by atoms with van der Waals surface area (Å²) in [5.41, 5.74) is 0. The second-order valence-electron chi connectivity index (χ2n) is 5.24. The number of piperidine rings is 1. The largest absolute Gasteiger partial charge is 0.444 e. The quantitative estimate of drug-likeness (QED) is 0.888. The van der Waals surface area contributed by atoms with Crippen LogP contribution in [0.2, 0.25) is 0 Å². The molecule has 3 rings (SSSR count). The van der Waals surface area contributed by atoms with Crippen LogP contribution >= 0.6 is 15.9 Å². The van der Waals surface area contributed by atoms with Gasteiger partial charge in [0.15, 0.2) is 10.4 Å². The maximum Gasteiger partial charge on any atom is 0.283 e. The van der Waals surface area contributed by atoms with E-state index in [1.54, 1.807) is 12.1 Å². The topological polar surface area (TPSA) is 75.5 Å². The number of rotatable bonds is 5. The number of hydrogen-bond acceptors (Lipinski definition) is 6. The monoisotopic (exact) mass is 355 g/mol. The molecule has 0 saturated carbocycles. The third-order valence-corrected chi connectivity index (χ3v) is 4.23. The molecule has 0 amide bonds. The lowest BCUT2D eigenvalue weighted by atomic mass is 10.00. The maximum atomic E-state index is 9.16. The highest BCUT2D eigenvalue weighted by atomic mass is 79.9. The molecule has 3 heterocycles. The Kier molecular flexibility index (Phi) is 4.72. The first kappa shape index (κ1) is 14.7. The van der Waals surface area contributed by atoms with Crippen molar-refractivity contribution in [3.05, 3.63) is 22.7 Å². The van der Waals surface area contributed by atoms with Crippen molar-refractivity contribution in [1.29, 1.82) is 0 Å². The molecule has 1 fully saturated rings. The van der Waals surface area contributed by atoms with Crippen LogP contribution in [0.25, 0.3) is 11.7 Å². The number of aliphatic hydroxyl groups excluding tert-OH is 1. The van der Waals surface area contributed by atoms with Crippen LogP contribution in [0.5, 0.6) is 0 Å². The van der Waals surface area contributed by atoms with Gasteiger partial charge in [0, 0.05) is 12.6 Å². The molecule has 1 aliphatic heterocycles. The van der Waals surface area contributed by atoms with E-state index in [4.69, 9.17) is 13.9 Å². The Hall–Kier alpha value is -1.18. The Balaban J connectivity index is 1.68. The van der Waals surface area contributed by atoms with Gasteiger partial charge in [-0.05, 0) is 53.9 Å². The number of hydrogen-bond donors (Lipinski definition) is 1. The summed E-state index contributed by atoms with van der Waals surface area (Å²) in [6.07, 6.45) is 4.31. The second-order valence-corrected chi connectivity index (χ2v) is 6.02. The third kappa shape index (κ3) is 3.53. The van der Waals surface area contributed by atoms with Crippen LogP contribution in [-0.2, 0) is 6.54 Å². The van der Waals surface area contributed by atoms with E-state index < -0.39 is 0 Å². The van der Waals surface area contributed by atoms with Crippen molar-refractivity contribution in [3.8, 4) is 11.7 Å². The van der Waals surface area contributed by atoms with E-state index in [9.17, 15) is 0 Å². The molecule has 114 valence electrons. The summed E-state index contributed by atoms with van der Waals surface area (Å²) in [5, 5.41) is 17.3. The predicted molar refractivity (Wildman–Crippen MR) is 79.5 cm³/mol. The summed E-state index contributed by atoms with van der Waals surface area (Å²) in [7, 11) is 0. The van der Waals surface area contributed by atoms with Gasteiger partial charge in [0.1, 0.15) is 0 Å². The van der Waals surface area contributed by atoms with E-state index >= 15 is 0 Å². The zero-order chi connectivity index (χ0) is 14.7. The van der Waals surface area contributed by atoms with Crippen molar-refractivity contribution in [1.82, 2.24) is 15.1 Å². The molecule has 1 atom stereocenters. The van der Waals surface area contributed by atoms with Crippen LogP contribution in [0.3, 0.4) is 0 Å². The molecule has 0 spiro atoms. The highest BCUT2D eigenvalue weighted by Gasteiger charge is 2.24. The second kappa shape index (κ2) is 6.72. The van der Waals surface area contributed by atoms with Gasteiger partial charge in [-0.3, -0.25) is 4.90 Å². The Morgan fingerprint density at radius 1 is 1.29 bits per heavy atom. The lowest BCUT2D eigenvalue weighted by Gasteiger charge is -2.34. The van der Waals surface area contributed by atoms with Crippen molar-refractivity contribution >= 4 is 15.9 Å². The minimum absolute atomic E-state index is 0.219. The van der Waals surface area contributed by atoms with Crippen LogP contribution in [0.1, 0.15) is 31.6 Å². The van der Waals surface area contributed by atoms with Crippen LogP contribution in [0.4, 0.5) is 0 Å². The average Bonchev–Trinajstić information content (AvgIpc) is 3.10. The number of nitrogens with zero attached hydrogens (tertiary/aromatic N) is 3. The van der Waals surface area contributed by atoms with E-state index in [0.717, 1.165) is 19.4 Å². The van der Waals surface area contributed by atoms with Gasteiger partial charge in [0.25, 0.3) is 5.89 Å². The summed E-state index contributed by atoms with van der Waals surface area (Å²) in [6.45, 7) is 1.85. The van der Waals surface area contributed by atoms with Crippen molar-refractivity contribution in [3.63, 3.8) is 0 Å². The number of aromatic nitrogens is 2. The van der Waals surface area contributed by atoms with Gasteiger partial charge in [-0.15, -0.1) is 10.2 Å². The Morgan fingerprint density at radius 2 is 2.19 bits per heavy atom. The summed E-state index contributed by atoms with van der Waals surface area (Å²) < 4.78 is 11.7. The SMILES string of the molecule is OCCC1CCCCN1Cc1nnc(-c2ccc(Br)o2)o1. The zero-order valence-corrected chi connectivity index (χ0v) is 13.3. The molecule has 6 nitrogen and oxygen atoms in total. The van der Waals surface area contributed by atoms with Crippen LogP contribution in [0, 0.1) is 0 Å². The van der Waals surface area contributed by atoms with Crippen molar-refractivity contribution in [2.75, 3.05) is 13.2 Å². The molecule has 0 bridgehead atoms. The van der Waals surface area contributed by atoms with Crippen molar-refractivity contribution in [2.24, 2.45) is 0 Å². The van der Waals surface area contributed by atoms with Crippen molar-refractivity contribution in [2.45, 2.75) is 38.3 Å². The molecule has 2 aromatic rings. The summed E-state index contributed by atoms with van der Waals surface area (Å²) in [5.74, 6) is 1.54. The van der Waals surface area contributed by atoms with Gasteiger partial charge in [-0.25, -0.2) is 0 Å². The maximum absolute atomic E-state index is 9.16. The van der Waals surface area contributed by atoms with Gasteiger partial charge >= 0.3 is 0 Å². The molecule has 2 aromatic heterocycles. The van der Waals surface area contributed by atoms with Gasteiger partial charge < -0.3 is 13.9 Å². The number of aliphatic hydroxyl groups is 1. The fourth-order valence-electron chi connectivity index (χ4n) is 2.76. The Bertz CT molecular complexity index is 582. The molecule has 1 aliphatic rings. The lowest BCUT2D eigenvalue weighted by molar-refractivity contribution is 0.103. The third-order valence-electron chi connectivity index (χ3n) is 3.80. The predicted octanol–water partition coefficient (Wildman–Crippen LogP) is 2.83. The molecule has 0 aromatic carbocycles. The standard InChI is InChI=1S/C14H18BrN3O3/c15-12-5-4-11(20-12)14-17-16-13(21-14)9-18-7-2-1-3-10(18)6-8-19/h4-5,10,19H,1-3,6-9H2. The number of halogens is 1. The van der Waals surface area contributed by atoms with Crippen molar-refractivity contribution < 1.29 is 13.9 Å². The fraction of sp³-hybridized carbons (Fsp3) is 0.571. The molecule has 1 saturated heterocycles. The van der Waals surface area contributed by atoms with E-state index in [2.05, 4.69) is 31.0 Å². The van der Waals surface area contributed by atoms with Gasteiger partial charge in [-0.2, -0.15) is 0 Å². The molecule has 1 unspecified atom stereocenters. The average molecular weight is 356 g/mol. The van der Waals surface area contributed by atoms with E-state index in [1.165, 1.54) is 12.8 Å². The number of furan rings is 1.